The van der Waals surface area contributed by atoms with Crippen LogP contribution in [0, 0.1) is 5.81 Å². The molecule has 6 heteroatoms. The Morgan fingerprint density at radius 2 is 2.40 bits per heavy atom. The molecule has 2 radical (unpaired) electrons. The van der Waals surface area contributed by atoms with Crippen LogP contribution in [0.1, 0.15) is 12.8 Å². The summed E-state index contributed by atoms with van der Waals surface area (Å²) in [4.78, 5) is 0. The van der Waals surface area contributed by atoms with Gasteiger partial charge in [-0.3, -0.25) is 0 Å². The van der Waals surface area contributed by atoms with E-state index in [2.05, 4.69) is 5.81 Å². The van der Waals surface area contributed by atoms with Crippen LogP contribution in [0.5, 0.6) is 0 Å². The van der Waals surface area contributed by atoms with E-state index < -0.39 is 11.6 Å². The number of hydrogen-bond donors (Lipinski definition) is 0. The van der Waals surface area contributed by atoms with E-state index in [0.717, 1.165) is 19.4 Å². The molecule has 3 aliphatic heterocycles. The summed E-state index contributed by atoms with van der Waals surface area (Å²) in [7, 11) is 6.58. The fourth-order valence-corrected chi connectivity index (χ4v) is 2.93. The van der Waals surface area contributed by atoms with Crippen LogP contribution in [0.25, 0.3) is 0 Å². The molecule has 3 heterocycles. The van der Waals surface area contributed by atoms with Crippen molar-refractivity contribution in [1.82, 2.24) is 0 Å². The Balaban J connectivity index is 1.91. The molecule has 0 bridgehead atoms. The quantitative estimate of drug-likeness (QED) is 0.447. The summed E-state index contributed by atoms with van der Waals surface area (Å²) in [5, 5.41) is 0. The summed E-state index contributed by atoms with van der Waals surface area (Å²) in [5.74, 6) is 2.72. The predicted molar refractivity (Wildman–Crippen MR) is 54.0 cm³/mol. The summed E-state index contributed by atoms with van der Waals surface area (Å²) in [6.45, 7) is 1.21. The van der Waals surface area contributed by atoms with Gasteiger partial charge in [0.25, 0.3) is 0 Å². The predicted octanol–water partition coefficient (Wildman–Crippen LogP) is 0.622. The minimum atomic E-state index is -0.485. The fraction of sp³-hybridized carbons (Fsp3) is 0.889. The van der Waals surface area contributed by atoms with Crippen LogP contribution in [-0.2, 0) is 18.7 Å². The van der Waals surface area contributed by atoms with Gasteiger partial charge in [-0.1, -0.05) is 0 Å². The van der Waals surface area contributed by atoms with Crippen LogP contribution in [-0.4, -0.2) is 44.9 Å². The molecule has 0 aromatic carbocycles. The summed E-state index contributed by atoms with van der Waals surface area (Å²) in [6, 6.07) is -0.421. The first kappa shape index (κ1) is 10.3. The molecule has 3 rings (SSSR count). The van der Waals surface area contributed by atoms with Gasteiger partial charge in [0.2, 0.25) is 0 Å². The molecule has 0 aromatic rings. The van der Waals surface area contributed by atoms with Crippen molar-refractivity contribution in [2.24, 2.45) is 0 Å². The molecule has 2 fully saturated rings. The van der Waals surface area contributed by atoms with Crippen LogP contribution in [0.3, 0.4) is 0 Å². The molecule has 2 unspecified atom stereocenters. The van der Waals surface area contributed by atoms with E-state index in [9.17, 15) is 0 Å². The first-order valence-electron chi connectivity index (χ1n) is 5.10. The third kappa shape index (κ3) is 1.50. The van der Waals surface area contributed by atoms with Crippen molar-refractivity contribution in [2.45, 2.75) is 36.7 Å². The standard InChI is InChI=1S/C9H11BO4P/c10-8-9(2-1-3-12-9)7-6(14-8)4-13-15-5-11-7/h6-8H,1-4H2/q+1/t6?,7-,8?,9+/m1/s1. The van der Waals surface area contributed by atoms with Crippen molar-refractivity contribution >= 4 is 16.1 Å². The summed E-state index contributed by atoms with van der Waals surface area (Å²) in [5.41, 5.74) is -0.485. The molecule has 4 nitrogen and oxygen atoms in total. The van der Waals surface area contributed by atoms with E-state index in [-0.39, 0.29) is 12.2 Å². The molecule has 1 spiro atoms. The molecule has 3 aliphatic rings. The summed E-state index contributed by atoms with van der Waals surface area (Å²) < 4.78 is 22.2. The zero-order valence-corrected chi connectivity index (χ0v) is 9.11. The van der Waals surface area contributed by atoms with Crippen LogP contribution in [0.2, 0.25) is 0 Å². The molecule has 78 valence electrons. The van der Waals surface area contributed by atoms with Gasteiger partial charge in [0.15, 0.2) is 0 Å². The van der Waals surface area contributed by atoms with Crippen molar-refractivity contribution in [1.29, 1.82) is 0 Å². The van der Waals surface area contributed by atoms with Gasteiger partial charge in [-0.25, -0.2) is 0 Å². The molecule has 4 atom stereocenters. The van der Waals surface area contributed by atoms with E-state index in [0.29, 0.717) is 14.9 Å². The van der Waals surface area contributed by atoms with E-state index >= 15 is 0 Å². The Labute approximate surface area is 91.2 Å². The second kappa shape index (κ2) is 3.85. The maximum absolute atomic E-state index is 5.97. The molecule has 15 heavy (non-hydrogen) atoms. The van der Waals surface area contributed by atoms with Crippen LogP contribution < -0.4 is 0 Å². The topological polar surface area (TPSA) is 36.9 Å². The van der Waals surface area contributed by atoms with E-state index in [1.165, 1.54) is 0 Å². The molecule has 0 N–H and O–H groups in total. The van der Waals surface area contributed by atoms with E-state index in [1.807, 2.05) is 0 Å². The third-order valence-corrected chi connectivity index (χ3v) is 3.68. The maximum atomic E-state index is 5.97. The fourth-order valence-electron chi connectivity index (χ4n) is 2.50. The minimum absolute atomic E-state index is 0.138. The van der Waals surface area contributed by atoms with Crippen molar-refractivity contribution in [2.75, 3.05) is 13.2 Å². The average Bonchev–Trinajstić information content (AvgIpc) is 2.72. The second-order valence-electron chi connectivity index (χ2n) is 4.02. The van der Waals surface area contributed by atoms with Gasteiger partial charge >= 0.3 is 90.5 Å². The van der Waals surface area contributed by atoms with E-state index in [1.54, 1.807) is 0 Å². The van der Waals surface area contributed by atoms with Gasteiger partial charge in [-0.15, -0.1) is 0 Å². The average molecular weight is 225 g/mol. The Morgan fingerprint density at radius 3 is 3.20 bits per heavy atom. The first-order chi connectivity index (χ1) is 7.33. The van der Waals surface area contributed by atoms with Gasteiger partial charge in [0, 0.05) is 0 Å². The van der Waals surface area contributed by atoms with Crippen LogP contribution >= 0.6 is 8.26 Å². The van der Waals surface area contributed by atoms with Gasteiger partial charge in [-0.2, -0.15) is 0 Å². The molecule has 0 aliphatic carbocycles. The summed E-state index contributed by atoms with van der Waals surface area (Å²) >= 11 is 0. The monoisotopic (exact) mass is 225 g/mol. The van der Waals surface area contributed by atoms with Crippen molar-refractivity contribution in [3.63, 3.8) is 0 Å². The van der Waals surface area contributed by atoms with Crippen molar-refractivity contribution in [3.05, 3.63) is 0 Å². The van der Waals surface area contributed by atoms with Gasteiger partial charge in [-0.05, 0) is 0 Å². The molecule has 0 aromatic heterocycles. The number of rotatable bonds is 0. The molecule has 0 saturated carbocycles. The normalized spacial score (nSPS) is 48.9. The van der Waals surface area contributed by atoms with Gasteiger partial charge in [0.05, 0.1) is 0 Å². The van der Waals surface area contributed by atoms with Crippen molar-refractivity contribution in [3.8, 4) is 5.81 Å². The Bertz CT molecular complexity index is 320. The Hall–Kier alpha value is 0.115. The van der Waals surface area contributed by atoms with Crippen molar-refractivity contribution < 1.29 is 18.7 Å². The van der Waals surface area contributed by atoms with Gasteiger partial charge in [0.1, 0.15) is 0 Å². The number of ether oxygens (including phenoxy) is 3. The number of fused-ring (bicyclic) bond motifs is 2. The molecular formula is C9H11BO4P+. The zero-order valence-electron chi connectivity index (χ0n) is 8.22. The third-order valence-electron chi connectivity index (χ3n) is 3.23. The SMILES string of the molecule is [B]C1OC2CO[P+]#CO[C@H]2[C@@]12CCCO2. The van der Waals surface area contributed by atoms with Crippen LogP contribution in [0.4, 0.5) is 0 Å². The second-order valence-corrected chi connectivity index (χ2v) is 4.64. The molecule has 2 saturated heterocycles. The molecule has 0 amide bonds. The van der Waals surface area contributed by atoms with E-state index in [4.69, 9.17) is 26.6 Å². The van der Waals surface area contributed by atoms with Gasteiger partial charge < -0.3 is 0 Å². The summed E-state index contributed by atoms with van der Waals surface area (Å²) in [6.07, 6.45) is 1.57. The first-order valence-corrected chi connectivity index (χ1v) is 5.92. The molecular weight excluding hydrogens is 214 g/mol. The Kier molecular flexibility index (Phi) is 2.64. The Morgan fingerprint density at radius 1 is 1.47 bits per heavy atom. The number of hydrogen-bond acceptors (Lipinski definition) is 4. The zero-order chi connectivity index (χ0) is 10.3. The van der Waals surface area contributed by atoms with Crippen LogP contribution in [0.15, 0.2) is 0 Å².